The van der Waals surface area contributed by atoms with Gasteiger partial charge in [-0.2, -0.15) is 9.97 Å². The lowest BCUT2D eigenvalue weighted by atomic mass is 10.4. The third-order valence-corrected chi connectivity index (χ3v) is 3.81. The number of anilines is 3. The van der Waals surface area contributed by atoms with Crippen molar-refractivity contribution in [3.05, 3.63) is 18.2 Å². The van der Waals surface area contributed by atoms with Crippen molar-refractivity contribution in [3.8, 4) is 0 Å². The van der Waals surface area contributed by atoms with Crippen molar-refractivity contribution in [1.29, 1.82) is 0 Å². The van der Waals surface area contributed by atoms with Gasteiger partial charge in [0, 0.05) is 38.7 Å². The molecule has 0 unspecified atom stereocenters. The third-order valence-electron chi connectivity index (χ3n) is 3.81. The Labute approximate surface area is 129 Å². The summed E-state index contributed by atoms with van der Waals surface area (Å²) in [5.41, 5.74) is 5.89. The molecule has 0 bridgehead atoms. The first-order valence-corrected chi connectivity index (χ1v) is 7.76. The van der Waals surface area contributed by atoms with E-state index in [1.807, 2.05) is 4.57 Å². The standard InChI is InChI=1S/C14H22N8/c1-2-21-10-17-20-13(21)5-6-16-12-9-11(15)18-14(19-12)22-7-3-4-8-22/h9-10H,2-8H2,1H3,(H3,15,16,18,19). The summed E-state index contributed by atoms with van der Waals surface area (Å²) in [6.45, 7) is 5.69. The molecule has 22 heavy (non-hydrogen) atoms. The summed E-state index contributed by atoms with van der Waals surface area (Å²) in [7, 11) is 0. The maximum atomic E-state index is 5.89. The Bertz CT molecular complexity index is 617. The highest BCUT2D eigenvalue weighted by Gasteiger charge is 2.16. The molecule has 0 aromatic carbocycles. The molecule has 0 radical (unpaired) electrons. The molecule has 0 saturated carbocycles. The maximum Gasteiger partial charge on any atom is 0.229 e. The van der Waals surface area contributed by atoms with Crippen LogP contribution in [-0.2, 0) is 13.0 Å². The molecule has 0 aliphatic carbocycles. The highest BCUT2D eigenvalue weighted by Crippen LogP contribution is 2.19. The first-order valence-electron chi connectivity index (χ1n) is 7.76. The van der Waals surface area contributed by atoms with Crippen LogP contribution in [-0.4, -0.2) is 44.4 Å². The molecule has 2 aromatic rings. The maximum absolute atomic E-state index is 5.89. The molecule has 1 saturated heterocycles. The molecule has 118 valence electrons. The Balaban J connectivity index is 1.62. The smallest absolute Gasteiger partial charge is 0.229 e. The van der Waals surface area contributed by atoms with E-state index in [9.17, 15) is 0 Å². The Kier molecular flexibility index (Phi) is 4.36. The molecule has 3 N–H and O–H groups in total. The van der Waals surface area contributed by atoms with E-state index in [0.717, 1.165) is 50.2 Å². The average Bonchev–Trinajstić information content (AvgIpc) is 3.18. The second kappa shape index (κ2) is 6.59. The number of nitrogens with one attached hydrogen (secondary N) is 1. The predicted octanol–water partition coefficient (Wildman–Crippen LogP) is 0.925. The molecule has 1 aliphatic heterocycles. The number of hydrogen-bond donors (Lipinski definition) is 2. The molecule has 8 heteroatoms. The van der Waals surface area contributed by atoms with Crippen LogP contribution in [0.15, 0.2) is 12.4 Å². The quantitative estimate of drug-likeness (QED) is 0.819. The molecular formula is C14H22N8. The van der Waals surface area contributed by atoms with Gasteiger partial charge in [-0.05, 0) is 19.8 Å². The summed E-state index contributed by atoms with van der Waals surface area (Å²) in [6, 6.07) is 1.77. The Morgan fingerprint density at radius 1 is 1.27 bits per heavy atom. The van der Waals surface area contributed by atoms with Crippen molar-refractivity contribution in [3.63, 3.8) is 0 Å². The minimum Gasteiger partial charge on any atom is -0.383 e. The Hall–Kier alpha value is -2.38. The summed E-state index contributed by atoms with van der Waals surface area (Å²) in [5.74, 6) is 2.95. The van der Waals surface area contributed by atoms with Gasteiger partial charge in [0.05, 0.1) is 0 Å². The zero-order valence-corrected chi connectivity index (χ0v) is 12.9. The van der Waals surface area contributed by atoms with E-state index in [-0.39, 0.29) is 0 Å². The van der Waals surface area contributed by atoms with Crippen LogP contribution in [0.5, 0.6) is 0 Å². The predicted molar refractivity (Wildman–Crippen MR) is 85.8 cm³/mol. The minimum absolute atomic E-state index is 0.496. The Morgan fingerprint density at radius 3 is 2.86 bits per heavy atom. The summed E-state index contributed by atoms with van der Waals surface area (Å²) in [6.07, 6.45) is 4.92. The number of nitrogens with two attached hydrogens (primary N) is 1. The Morgan fingerprint density at radius 2 is 2.09 bits per heavy atom. The van der Waals surface area contributed by atoms with E-state index in [0.29, 0.717) is 5.82 Å². The number of rotatable bonds is 6. The van der Waals surface area contributed by atoms with E-state index in [1.54, 1.807) is 12.4 Å². The minimum atomic E-state index is 0.496. The second-order valence-corrected chi connectivity index (χ2v) is 5.38. The van der Waals surface area contributed by atoms with Crippen LogP contribution in [0.2, 0.25) is 0 Å². The van der Waals surface area contributed by atoms with Crippen molar-refractivity contribution in [2.24, 2.45) is 0 Å². The van der Waals surface area contributed by atoms with Gasteiger partial charge in [0.2, 0.25) is 5.95 Å². The van der Waals surface area contributed by atoms with Gasteiger partial charge in [-0.25, -0.2) is 0 Å². The van der Waals surface area contributed by atoms with E-state index >= 15 is 0 Å². The molecule has 1 fully saturated rings. The fraction of sp³-hybridized carbons (Fsp3) is 0.571. The molecule has 2 aromatic heterocycles. The lowest BCUT2D eigenvalue weighted by molar-refractivity contribution is 0.697. The van der Waals surface area contributed by atoms with Crippen LogP contribution in [0.1, 0.15) is 25.6 Å². The van der Waals surface area contributed by atoms with Gasteiger partial charge in [0.1, 0.15) is 23.8 Å². The fourth-order valence-corrected chi connectivity index (χ4v) is 2.64. The molecular weight excluding hydrogens is 280 g/mol. The van der Waals surface area contributed by atoms with Gasteiger partial charge in [0.25, 0.3) is 0 Å². The second-order valence-electron chi connectivity index (χ2n) is 5.38. The molecule has 0 amide bonds. The first-order chi connectivity index (χ1) is 10.8. The first kappa shape index (κ1) is 14.6. The van der Waals surface area contributed by atoms with Gasteiger partial charge in [-0.1, -0.05) is 0 Å². The van der Waals surface area contributed by atoms with Crippen molar-refractivity contribution in [2.75, 3.05) is 35.6 Å². The summed E-state index contributed by atoms with van der Waals surface area (Å²) >= 11 is 0. The molecule has 3 rings (SSSR count). The largest absolute Gasteiger partial charge is 0.383 e. The molecule has 3 heterocycles. The van der Waals surface area contributed by atoms with Crippen molar-refractivity contribution in [1.82, 2.24) is 24.7 Å². The summed E-state index contributed by atoms with van der Waals surface area (Å²) < 4.78 is 2.03. The van der Waals surface area contributed by atoms with Gasteiger partial charge in [0.15, 0.2) is 0 Å². The summed E-state index contributed by atoms with van der Waals surface area (Å²) in [5, 5.41) is 11.4. The van der Waals surface area contributed by atoms with E-state index in [4.69, 9.17) is 5.73 Å². The molecule has 8 nitrogen and oxygen atoms in total. The molecule has 0 spiro atoms. The van der Waals surface area contributed by atoms with Crippen molar-refractivity contribution in [2.45, 2.75) is 32.7 Å². The third kappa shape index (κ3) is 3.26. The van der Waals surface area contributed by atoms with Crippen molar-refractivity contribution < 1.29 is 0 Å². The van der Waals surface area contributed by atoms with Crippen LogP contribution in [0.25, 0.3) is 0 Å². The van der Waals surface area contributed by atoms with E-state index < -0.39 is 0 Å². The van der Waals surface area contributed by atoms with Crippen molar-refractivity contribution >= 4 is 17.6 Å². The lowest BCUT2D eigenvalue weighted by Crippen LogP contribution is -2.21. The van der Waals surface area contributed by atoms with E-state index in [2.05, 4.69) is 37.3 Å². The fourth-order valence-electron chi connectivity index (χ4n) is 2.64. The highest BCUT2D eigenvalue weighted by molar-refractivity contribution is 5.51. The van der Waals surface area contributed by atoms with Crippen LogP contribution in [0.4, 0.5) is 17.6 Å². The van der Waals surface area contributed by atoms with Crippen LogP contribution >= 0.6 is 0 Å². The molecule has 1 aliphatic rings. The van der Waals surface area contributed by atoms with Crippen LogP contribution in [0.3, 0.4) is 0 Å². The van der Waals surface area contributed by atoms with Gasteiger partial charge < -0.3 is 20.5 Å². The number of aryl methyl sites for hydroxylation is 1. The zero-order chi connectivity index (χ0) is 15.4. The topological polar surface area (TPSA) is 97.8 Å². The lowest BCUT2D eigenvalue weighted by Gasteiger charge is -2.16. The monoisotopic (exact) mass is 302 g/mol. The zero-order valence-electron chi connectivity index (χ0n) is 12.9. The highest BCUT2D eigenvalue weighted by atomic mass is 15.3. The summed E-state index contributed by atoms with van der Waals surface area (Å²) in [4.78, 5) is 11.1. The average molecular weight is 302 g/mol. The SMILES string of the molecule is CCn1cnnc1CCNc1cc(N)nc(N2CCCC2)n1. The van der Waals surface area contributed by atoms with Crippen LogP contribution < -0.4 is 16.0 Å². The van der Waals surface area contributed by atoms with Gasteiger partial charge in [-0.3, -0.25) is 0 Å². The van der Waals surface area contributed by atoms with Gasteiger partial charge in [-0.15, -0.1) is 10.2 Å². The number of nitrogen functional groups attached to an aromatic ring is 1. The molecule has 0 atom stereocenters. The number of aromatic nitrogens is 5. The normalized spacial score (nSPS) is 14.5. The van der Waals surface area contributed by atoms with Crippen LogP contribution in [0, 0.1) is 0 Å². The number of hydrogen-bond acceptors (Lipinski definition) is 7. The van der Waals surface area contributed by atoms with Gasteiger partial charge >= 0.3 is 0 Å². The van der Waals surface area contributed by atoms with E-state index in [1.165, 1.54) is 12.8 Å². The number of nitrogens with zero attached hydrogens (tertiary/aromatic N) is 6.